The number of nitrogens with zero attached hydrogens (tertiary/aromatic N) is 3. The molecule has 182 valence electrons. The van der Waals surface area contributed by atoms with Crippen molar-refractivity contribution in [2.24, 2.45) is 10.1 Å². The molecule has 0 aromatic heterocycles. The number of amidine groups is 1. The van der Waals surface area contributed by atoms with Gasteiger partial charge in [0.25, 0.3) is 5.91 Å². The van der Waals surface area contributed by atoms with Crippen LogP contribution in [0.3, 0.4) is 0 Å². The molecule has 2 aliphatic heterocycles. The summed E-state index contributed by atoms with van der Waals surface area (Å²) in [6.07, 6.45) is 1.57. The van der Waals surface area contributed by atoms with Crippen LogP contribution in [0.5, 0.6) is 0 Å². The third-order valence-corrected chi connectivity index (χ3v) is 7.34. The third-order valence-electron chi connectivity index (χ3n) is 6.19. The summed E-state index contributed by atoms with van der Waals surface area (Å²) in [5, 5.41) is 9.16. The predicted octanol–water partition coefficient (Wildman–Crippen LogP) is 5.57. The molecule has 5 rings (SSSR count). The maximum absolute atomic E-state index is 13.4. The van der Waals surface area contributed by atoms with Crippen LogP contribution in [0.25, 0.3) is 0 Å². The number of aliphatic imine (C=N–C) groups is 1. The van der Waals surface area contributed by atoms with E-state index in [4.69, 9.17) is 5.10 Å². The number of carbonyl (C=O) groups excluding carboxylic acids is 2. The van der Waals surface area contributed by atoms with Gasteiger partial charge in [-0.2, -0.15) is 10.1 Å². The van der Waals surface area contributed by atoms with Gasteiger partial charge in [-0.25, -0.2) is 9.40 Å². The lowest BCUT2D eigenvalue weighted by atomic mass is 9.97. The summed E-state index contributed by atoms with van der Waals surface area (Å²) in [6, 6.07) is 24.0. The topological polar surface area (TPSA) is 74.1 Å². The number of thioether (sulfide) groups is 1. The van der Waals surface area contributed by atoms with E-state index in [9.17, 15) is 14.0 Å². The van der Waals surface area contributed by atoms with Gasteiger partial charge in [0.15, 0.2) is 5.17 Å². The summed E-state index contributed by atoms with van der Waals surface area (Å²) in [5.74, 6) is -1.18. The Labute approximate surface area is 213 Å². The summed E-state index contributed by atoms with van der Waals surface area (Å²) in [4.78, 5) is 29.6. The van der Waals surface area contributed by atoms with Crippen molar-refractivity contribution >= 4 is 40.1 Å². The number of aryl methyl sites for hydroxylation is 1. The fourth-order valence-corrected chi connectivity index (χ4v) is 5.34. The number of nitrogens with one attached hydrogen (secondary N) is 1. The average Bonchev–Trinajstić information content (AvgIpc) is 3.48. The summed E-state index contributed by atoms with van der Waals surface area (Å²) in [7, 11) is 0. The first kappa shape index (κ1) is 23.9. The molecule has 0 saturated heterocycles. The van der Waals surface area contributed by atoms with Crippen LogP contribution in [0.4, 0.5) is 10.1 Å². The molecule has 0 radical (unpaired) electrons. The normalized spacial score (nSPS) is 19.3. The largest absolute Gasteiger partial charge is 0.326 e. The summed E-state index contributed by atoms with van der Waals surface area (Å²) in [5.41, 5.74) is 4.63. The van der Waals surface area contributed by atoms with Crippen LogP contribution >= 0.6 is 11.8 Å². The molecule has 0 bridgehead atoms. The molecular weight excluding hydrogens is 475 g/mol. The van der Waals surface area contributed by atoms with Crippen molar-refractivity contribution in [3.8, 4) is 0 Å². The molecule has 2 unspecified atom stereocenters. The Hall–Kier alpha value is -3.78. The Morgan fingerprint density at radius 3 is 2.58 bits per heavy atom. The number of carbonyl (C=O) groups is 2. The van der Waals surface area contributed by atoms with Gasteiger partial charge in [0.2, 0.25) is 5.91 Å². The van der Waals surface area contributed by atoms with Crippen molar-refractivity contribution in [1.29, 1.82) is 0 Å². The molecule has 0 fully saturated rings. The minimum Gasteiger partial charge on any atom is -0.326 e. The minimum absolute atomic E-state index is 0.0635. The molecule has 3 aromatic rings. The first-order valence-electron chi connectivity index (χ1n) is 11.9. The highest BCUT2D eigenvalue weighted by molar-refractivity contribution is 8.15. The van der Waals surface area contributed by atoms with E-state index < -0.39 is 11.1 Å². The zero-order valence-corrected chi connectivity index (χ0v) is 20.5. The Morgan fingerprint density at radius 2 is 1.86 bits per heavy atom. The van der Waals surface area contributed by atoms with E-state index in [1.807, 2.05) is 35.3 Å². The number of halogens is 1. The van der Waals surface area contributed by atoms with Gasteiger partial charge in [0.1, 0.15) is 11.1 Å². The van der Waals surface area contributed by atoms with Crippen LogP contribution in [0.1, 0.15) is 42.5 Å². The number of hydrogen-bond acceptors (Lipinski definition) is 5. The van der Waals surface area contributed by atoms with Gasteiger partial charge in [-0.05, 0) is 41.3 Å². The zero-order valence-electron chi connectivity index (χ0n) is 19.7. The van der Waals surface area contributed by atoms with Crippen LogP contribution in [-0.4, -0.2) is 33.0 Å². The molecule has 8 heteroatoms. The quantitative estimate of drug-likeness (QED) is 0.481. The molecule has 6 nitrogen and oxygen atoms in total. The summed E-state index contributed by atoms with van der Waals surface area (Å²) < 4.78 is 13.4. The number of hydrazone groups is 1. The van der Waals surface area contributed by atoms with Crippen molar-refractivity contribution < 1.29 is 14.0 Å². The number of hydrogen-bond donors (Lipinski definition) is 1. The molecule has 0 spiro atoms. The Kier molecular flexibility index (Phi) is 6.95. The molecule has 1 N–H and O–H groups in total. The maximum atomic E-state index is 13.4. The van der Waals surface area contributed by atoms with Crippen molar-refractivity contribution in [3.05, 3.63) is 101 Å². The second kappa shape index (κ2) is 10.5. The molecule has 36 heavy (non-hydrogen) atoms. The standard InChI is InChI=1S/C28H25FN4O2S/c1-2-18-11-13-20(14-12-18)24-16-23(19-7-4-3-5-8-19)32-33(24)28-31-27(35)25(36-28)17-26(34)30-22-10-6-9-21(29)15-22/h3-15,24-25H,2,16-17H2,1H3,(H,30,34). The van der Waals surface area contributed by atoms with Crippen molar-refractivity contribution in [2.45, 2.75) is 37.5 Å². The van der Waals surface area contributed by atoms with E-state index in [-0.39, 0.29) is 24.3 Å². The van der Waals surface area contributed by atoms with Gasteiger partial charge >= 0.3 is 0 Å². The zero-order chi connectivity index (χ0) is 25.1. The third kappa shape index (κ3) is 5.23. The summed E-state index contributed by atoms with van der Waals surface area (Å²) >= 11 is 1.25. The fraction of sp³-hybridized carbons (Fsp3) is 0.214. The molecular formula is C28H25FN4O2S. The molecule has 2 atom stereocenters. The monoisotopic (exact) mass is 500 g/mol. The van der Waals surface area contributed by atoms with Crippen molar-refractivity contribution in [1.82, 2.24) is 5.01 Å². The van der Waals surface area contributed by atoms with E-state index in [0.717, 1.165) is 23.3 Å². The number of benzene rings is 3. The molecule has 2 amide bonds. The molecule has 0 saturated carbocycles. The van der Waals surface area contributed by atoms with E-state index in [2.05, 4.69) is 41.5 Å². The van der Waals surface area contributed by atoms with Gasteiger partial charge in [0, 0.05) is 18.5 Å². The highest BCUT2D eigenvalue weighted by Crippen LogP contribution is 2.38. The number of rotatable bonds is 6. The lowest BCUT2D eigenvalue weighted by Crippen LogP contribution is -2.25. The van der Waals surface area contributed by atoms with Crippen LogP contribution in [0.2, 0.25) is 0 Å². The highest BCUT2D eigenvalue weighted by Gasteiger charge is 2.39. The van der Waals surface area contributed by atoms with E-state index >= 15 is 0 Å². The van der Waals surface area contributed by atoms with Crippen LogP contribution in [0, 0.1) is 5.82 Å². The average molecular weight is 501 g/mol. The second-order valence-electron chi connectivity index (χ2n) is 8.67. The first-order valence-corrected chi connectivity index (χ1v) is 12.7. The van der Waals surface area contributed by atoms with Crippen LogP contribution in [0.15, 0.2) is 89.0 Å². The Morgan fingerprint density at radius 1 is 1.08 bits per heavy atom. The predicted molar refractivity (Wildman–Crippen MR) is 141 cm³/mol. The van der Waals surface area contributed by atoms with Gasteiger partial charge in [-0.3, -0.25) is 9.59 Å². The highest BCUT2D eigenvalue weighted by atomic mass is 32.2. The lowest BCUT2D eigenvalue weighted by molar-refractivity contribution is -0.121. The lowest BCUT2D eigenvalue weighted by Gasteiger charge is -2.23. The van der Waals surface area contributed by atoms with Gasteiger partial charge in [-0.15, -0.1) is 0 Å². The minimum atomic E-state index is -0.660. The smallest absolute Gasteiger partial charge is 0.262 e. The number of amides is 2. The maximum Gasteiger partial charge on any atom is 0.262 e. The van der Waals surface area contributed by atoms with Gasteiger partial charge < -0.3 is 5.32 Å². The fourth-order valence-electron chi connectivity index (χ4n) is 4.28. The molecule has 3 aromatic carbocycles. The van der Waals surface area contributed by atoms with Crippen molar-refractivity contribution in [2.75, 3.05) is 5.32 Å². The second-order valence-corrected chi connectivity index (χ2v) is 9.84. The number of anilines is 1. The Balaban J connectivity index is 1.35. The van der Waals surface area contributed by atoms with Gasteiger partial charge in [-0.1, -0.05) is 79.3 Å². The van der Waals surface area contributed by atoms with E-state index in [0.29, 0.717) is 17.3 Å². The molecule has 2 heterocycles. The van der Waals surface area contributed by atoms with Crippen LogP contribution in [-0.2, 0) is 16.0 Å². The first-order chi connectivity index (χ1) is 17.5. The SMILES string of the molecule is CCc1ccc(C2CC(c3ccccc3)=NN2C2=NC(=O)C(CC(=O)Nc3cccc(F)c3)S2)cc1. The van der Waals surface area contributed by atoms with Crippen LogP contribution < -0.4 is 5.32 Å². The summed E-state index contributed by atoms with van der Waals surface area (Å²) in [6.45, 7) is 2.12. The van der Waals surface area contributed by atoms with Crippen molar-refractivity contribution in [3.63, 3.8) is 0 Å². The molecule has 0 aliphatic carbocycles. The Bertz CT molecular complexity index is 1340. The van der Waals surface area contributed by atoms with Gasteiger partial charge in [0.05, 0.1) is 11.8 Å². The van der Waals surface area contributed by atoms with E-state index in [1.54, 1.807) is 6.07 Å². The molecule has 2 aliphatic rings. The van der Waals surface area contributed by atoms with E-state index in [1.165, 1.54) is 35.5 Å².